The predicted octanol–water partition coefficient (Wildman–Crippen LogP) is 5.13. The molecule has 2 aromatic heterocycles. The van der Waals surface area contributed by atoms with Gasteiger partial charge in [-0.15, -0.1) is 28.1 Å². The smallest absolute Gasteiger partial charge is 0.348 e. The van der Waals surface area contributed by atoms with Crippen molar-refractivity contribution in [1.29, 1.82) is 0 Å². The Bertz CT molecular complexity index is 1360. The first-order valence-electron chi connectivity index (χ1n) is 12.4. The number of carbonyl (C=O) groups is 3. The van der Waals surface area contributed by atoms with Gasteiger partial charge in [-0.2, -0.15) is 0 Å². The highest BCUT2D eigenvalue weighted by Gasteiger charge is 2.27. The topological polar surface area (TPSA) is 122 Å². The van der Waals surface area contributed by atoms with Gasteiger partial charge in [0.15, 0.2) is 11.0 Å². The largest absolute Gasteiger partial charge is 0.490 e. The lowest BCUT2D eigenvalue weighted by Crippen LogP contribution is -2.16. The Morgan fingerprint density at radius 1 is 1.13 bits per heavy atom. The van der Waals surface area contributed by atoms with Crippen molar-refractivity contribution in [3.63, 3.8) is 0 Å². The molecule has 1 fully saturated rings. The van der Waals surface area contributed by atoms with E-state index in [1.807, 2.05) is 28.8 Å². The van der Waals surface area contributed by atoms with E-state index in [1.165, 1.54) is 38.8 Å². The van der Waals surface area contributed by atoms with Crippen molar-refractivity contribution < 1.29 is 28.6 Å². The summed E-state index contributed by atoms with van der Waals surface area (Å²) in [6, 6.07) is 7.76. The Labute approximate surface area is 234 Å². The summed E-state index contributed by atoms with van der Waals surface area (Å²) in [6.07, 6.45) is 6.61. The van der Waals surface area contributed by atoms with Crippen molar-refractivity contribution in [2.75, 3.05) is 25.3 Å². The summed E-state index contributed by atoms with van der Waals surface area (Å²) < 4.78 is 17.6. The van der Waals surface area contributed by atoms with Gasteiger partial charge in [0, 0.05) is 12.1 Å². The number of methoxy groups -OCH3 is 2. The number of benzene rings is 1. The molecule has 3 aromatic rings. The van der Waals surface area contributed by atoms with Crippen molar-refractivity contribution >= 4 is 45.9 Å². The summed E-state index contributed by atoms with van der Waals surface area (Å²) in [5.74, 6) is -0.162. The second-order valence-electron chi connectivity index (χ2n) is 8.83. The molecule has 1 aliphatic rings. The molecular formula is C27H30N4O6S2. The predicted molar refractivity (Wildman–Crippen MR) is 150 cm³/mol. The molecular weight excluding hydrogens is 540 g/mol. The SMILES string of the molecule is C=CCn1c(SCC(=O)Nc2sc(C(=O)OC)c(C)c2C(=O)OC)nnc1-c1ccc(OC2CCCC2)cc1. The van der Waals surface area contributed by atoms with Crippen LogP contribution < -0.4 is 10.1 Å². The van der Waals surface area contributed by atoms with E-state index in [2.05, 4.69) is 22.1 Å². The molecule has 206 valence electrons. The number of ether oxygens (including phenoxy) is 3. The van der Waals surface area contributed by atoms with Gasteiger partial charge >= 0.3 is 11.9 Å². The molecule has 1 saturated carbocycles. The lowest BCUT2D eigenvalue weighted by molar-refractivity contribution is -0.113. The molecule has 1 N–H and O–H groups in total. The summed E-state index contributed by atoms with van der Waals surface area (Å²) in [7, 11) is 2.49. The fourth-order valence-corrected chi connectivity index (χ4v) is 6.19. The highest BCUT2D eigenvalue weighted by atomic mass is 32.2. The molecule has 1 amide bonds. The van der Waals surface area contributed by atoms with Crippen molar-refractivity contribution in [2.45, 2.75) is 50.4 Å². The maximum Gasteiger partial charge on any atom is 0.348 e. The number of allylic oxidation sites excluding steroid dienone is 1. The molecule has 0 atom stereocenters. The number of thiophene rings is 1. The highest BCUT2D eigenvalue weighted by molar-refractivity contribution is 7.99. The molecule has 0 radical (unpaired) electrons. The van der Waals surface area contributed by atoms with E-state index in [0.29, 0.717) is 23.1 Å². The van der Waals surface area contributed by atoms with Crippen LogP contribution in [0.5, 0.6) is 5.75 Å². The van der Waals surface area contributed by atoms with Gasteiger partial charge in [0.05, 0.1) is 31.6 Å². The number of esters is 2. The normalized spacial score (nSPS) is 13.2. The van der Waals surface area contributed by atoms with Gasteiger partial charge in [-0.1, -0.05) is 17.8 Å². The van der Waals surface area contributed by atoms with Gasteiger partial charge in [-0.3, -0.25) is 9.36 Å². The summed E-state index contributed by atoms with van der Waals surface area (Å²) in [5.41, 5.74) is 1.38. The third kappa shape index (κ3) is 6.51. The molecule has 0 bridgehead atoms. The van der Waals surface area contributed by atoms with E-state index in [1.54, 1.807) is 13.0 Å². The summed E-state index contributed by atoms with van der Waals surface area (Å²) in [5, 5.41) is 12.1. The molecule has 1 aromatic carbocycles. The number of carbonyl (C=O) groups excluding carboxylic acids is 3. The van der Waals surface area contributed by atoms with E-state index >= 15 is 0 Å². The van der Waals surface area contributed by atoms with Gasteiger partial charge < -0.3 is 19.5 Å². The molecule has 39 heavy (non-hydrogen) atoms. The van der Waals surface area contributed by atoms with Crippen LogP contribution in [-0.4, -0.2) is 58.7 Å². The number of thioether (sulfide) groups is 1. The Morgan fingerprint density at radius 3 is 2.46 bits per heavy atom. The fraction of sp³-hybridized carbons (Fsp3) is 0.370. The minimum absolute atomic E-state index is 0.00540. The van der Waals surface area contributed by atoms with Crippen LogP contribution in [0.1, 0.15) is 51.3 Å². The molecule has 1 aliphatic carbocycles. The van der Waals surface area contributed by atoms with Crippen LogP contribution in [0, 0.1) is 6.92 Å². The lowest BCUT2D eigenvalue weighted by atomic mass is 10.1. The molecule has 10 nitrogen and oxygen atoms in total. The molecule has 2 heterocycles. The first kappa shape index (κ1) is 28.4. The summed E-state index contributed by atoms with van der Waals surface area (Å²) in [6.45, 7) is 5.89. The quantitative estimate of drug-likeness (QED) is 0.190. The first-order valence-corrected chi connectivity index (χ1v) is 14.2. The van der Waals surface area contributed by atoms with Crippen molar-refractivity contribution in [1.82, 2.24) is 14.8 Å². The van der Waals surface area contributed by atoms with E-state index in [-0.39, 0.29) is 33.2 Å². The Morgan fingerprint density at radius 2 is 1.82 bits per heavy atom. The number of nitrogens with one attached hydrogen (secondary N) is 1. The number of hydrogen-bond acceptors (Lipinski definition) is 10. The zero-order chi connectivity index (χ0) is 27.9. The summed E-state index contributed by atoms with van der Waals surface area (Å²) in [4.78, 5) is 37.5. The third-order valence-electron chi connectivity index (χ3n) is 6.24. The lowest BCUT2D eigenvalue weighted by Gasteiger charge is -2.13. The standard InChI is InChI=1S/C27H30N4O6S2/c1-5-14-31-23(17-10-12-19(13-11-17)37-18-8-6-7-9-18)29-30-27(31)38-15-20(32)28-24-21(25(33)35-3)16(2)22(39-24)26(34)36-4/h5,10-13,18H,1,6-9,14-15H2,2-4H3,(H,28,32). The monoisotopic (exact) mass is 570 g/mol. The van der Waals surface area contributed by atoms with Gasteiger partial charge in [0.1, 0.15) is 15.6 Å². The maximum atomic E-state index is 12.8. The van der Waals surface area contributed by atoms with Crippen LogP contribution >= 0.6 is 23.1 Å². The molecule has 0 unspecified atom stereocenters. The van der Waals surface area contributed by atoms with Crippen LogP contribution in [0.25, 0.3) is 11.4 Å². The molecule has 0 saturated heterocycles. The number of rotatable bonds is 11. The first-order chi connectivity index (χ1) is 18.9. The Hall–Kier alpha value is -3.64. The second kappa shape index (κ2) is 12.9. The molecule has 0 spiro atoms. The van der Waals surface area contributed by atoms with Crippen molar-refractivity contribution in [2.24, 2.45) is 0 Å². The third-order valence-corrected chi connectivity index (χ3v) is 8.39. The zero-order valence-electron chi connectivity index (χ0n) is 22.0. The number of aromatic nitrogens is 3. The van der Waals surface area contributed by atoms with E-state index in [9.17, 15) is 14.4 Å². The van der Waals surface area contributed by atoms with E-state index < -0.39 is 11.9 Å². The maximum absolute atomic E-state index is 12.8. The van der Waals surface area contributed by atoms with Gasteiger partial charge in [-0.05, 0) is 62.4 Å². The average molecular weight is 571 g/mol. The number of nitrogens with zero attached hydrogens (tertiary/aromatic N) is 3. The molecule has 12 heteroatoms. The van der Waals surface area contributed by atoms with Gasteiger partial charge in [0.2, 0.25) is 5.91 Å². The number of hydrogen-bond donors (Lipinski definition) is 1. The Kier molecular flexibility index (Phi) is 9.41. The fourth-order valence-electron chi connectivity index (χ4n) is 4.31. The minimum atomic E-state index is -0.656. The van der Waals surface area contributed by atoms with Crippen LogP contribution in [0.2, 0.25) is 0 Å². The van der Waals surface area contributed by atoms with Gasteiger partial charge in [-0.25, -0.2) is 9.59 Å². The second-order valence-corrected chi connectivity index (χ2v) is 10.8. The number of anilines is 1. The van der Waals surface area contributed by atoms with Crippen LogP contribution in [-0.2, 0) is 20.8 Å². The minimum Gasteiger partial charge on any atom is -0.490 e. The average Bonchev–Trinajstić information content (AvgIpc) is 3.67. The molecule has 0 aliphatic heterocycles. The highest BCUT2D eigenvalue weighted by Crippen LogP contribution is 2.35. The Balaban J connectivity index is 1.46. The number of amides is 1. The van der Waals surface area contributed by atoms with Crippen LogP contribution in [0.15, 0.2) is 42.1 Å². The van der Waals surface area contributed by atoms with Crippen molar-refractivity contribution in [3.05, 3.63) is 52.9 Å². The van der Waals surface area contributed by atoms with Crippen molar-refractivity contribution in [3.8, 4) is 17.1 Å². The molecule has 4 rings (SSSR count). The van der Waals surface area contributed by atoms with E-state index in [4.69, 9.17) is 14.2 Å². The van der Waals surface area contributed by atoms with Gasteiger partial charge in [0.25, 0.3) is 0 Å². The summed E-state index contributed by atoms with van der Waals surface area (Å²) >= 11 is 2.16. The van der Waals surface area contributed by atoms with Crippen LogP contribution in [0.3, 0.4) is 0 Å². The van der Waals surface area contributed by atoms with E-state index in [0.717, 1.165) is 35.5 Å². The van der Waals surface area contributed by atoms with Crippen LogP contribution in [0.4, 0.5) is 5.00 Å². The zero-order valence-corrected chi connectivity index (χ0v) is 23.7.